The van der Waals surface area contributed by atoms with Crippen LogP contribution in [0.1, 0.15) is 25.2 Å². The second-order valence-electron chi connectivity index (χ2n) is 5.88. The van der Waals surface area contributed by atoms with Crippen molar-refractivity contribution in [3.63, 3.8) is 0 Å². The van der Waals surface area contributed by atoms with Crippen molar-refractivity contribution in [2.45, 2.75) is 31.1 Å². The molecule has 1 aromatic heterocycles. The number of fused-ring (bicyclic) bond motifs is 1. The number of aliphatic imine (C=N–C) groups is 1. The molecule has 4 rings (SSSR count). The molecule has 0 spiro atoms. The normalized spacial score (nSPS) is 23.3. The Morgan fingerprint density at radius 1 is 1.26 bits per heavy atom. The fraction of sp³-hybridized carbons (Fsp3) is 0.438. The first kappa shape index (κ1) is 15.0. The van der Waals surface area contributed by atoms with Crippen molar-refractivity contribution in [3.8, 4) is 11.4 Å². The van der Waals surface area contributed by atoms with Crippen LogP contribution in [0.15, 0.2) is 33.8 Å². The van der Waals surface area contributed by atoms with E-state index in [4.69, 9.17) is 21.1 Å². The number of hydrogen-bond acceptors (Lipinski definition) is 6. The van der Waals surface area contributed by atoms with Crippen LogP contribution in [0.4, 0.5) is 0 Å². The van der Waals surface area contributed by atoms with Gasteiger partial charge >= 0.3 is 0 Å². The van der Waals surface area contributed by atoms with Crippen LogP contribution in [0.2, 0.25) is 5.02 Å². The van der Waals surface area contributed by atoms with E-state index in [0.717, 1.165) is 23.2 Å². The van der Waals surface area contributed by atoms with Gasteiger partial charge in [-0.3, -0.25) is 4.99 Å². The van der Waals surface area contributed by atoms with Crippen LogP contribution < -0.4 is 5.32 Å². The molecular formula is C16H17ClN4OS. The zero-order valence-electron chi connectivity index (χ0n) is 12.5. The van der Waals surface area contributed by atoms with Gasteiger partial charge in [0.05, 0.1) is 11.8 Å². The van der Waals surface area contributed by atoms with Gasteiger partial charge in [-0.05, 0) is 43.0 Å². The van der Waals surface area contributed by atoms with Crippen molar-refractivity contribution in [2.75, 3.05) is 6.54 Å². The number of halogens is 1. The highest BCUT2D eigenvalue weighted by Crippen LogP contribution is 2.31. The summed E-state index contributed by atoms with van der Waals surface area (Å²) >= 11 is 7.52. The summed E-state index contributed by atoms with van der Waals surface area (Å²) in [5, 5.41) is 9.14. The second kappa shape index (κ2) is 6.53. The molecule has 0 unspecified atom stereocenters. The lowest BCUT2D eigenvalue weighted by molar-refractivity contribution is 0.392. The Morgan fingerprint density at radius 2 is 2.13 bits per heavy atom. The monoisotopic (exact) mass is 348 g/mol. The summed E-state index contributed by atoms with van der Waals surface area (Å²) in [4.78, 5) is 9.23. The molecule has 0 amide bonds. The van der Waals surface area contributed by atoms with Crippen LogP contribution in [0.25, 0.3) is 11.4 Å². The number of rotatable bonds is 3. The van der Waals surface area contributed by atoms with Crippen molar-refractivity contribution in [1.29, 1.82) is 0 Å². The molecule has 2 atom stereocenters. The highest BCUT2D eigenvalue weighted by Gasteiger charge is 2.30. The molecule has 120 valence electrons. The highest BCUT2D eigenvalue weighted by molar-refractivity contribution is 8.13. The van der Waals surface area contributed by atoms with Gasteiger partial charge in [-0.2, -0.15) is 4.98 Å². The smallest absolute Gasteiger partial charge is 0.237 e. The van der Waals surface area contributed by atoms with Crippen LogP contribution in [-0.2, 0) is 5.75 Å². The summed E-state index contributed by atoms with van der Waals surface area (Å²) in [6.45, 7) is 1.04. The zero-order chi connectivity index (χ0) is 15.6. The molecule has 1 fully saturated rings. The maximum absolute atomic E-state index is 5.89. The minimum Gasteiger partial charge on any atom is -0.365 e. The van der Waals surface area contributed by atoms with Crippen LogP contribution in [0.3, 0.4) is 0 Å². The van der Waals surface area contributed by atoms with Crippen LogP contribution in [-0.4, -0.2) is 27.9 Å². The maximum atomic E-state index is 5.89. The predicted octanol–water partition coefficient (Wildman–Crippen LogP) is 3.75. The molecule has 1 saturated carbocycles. The number of benzene rings is 1. The number of nitrogens with zero attached hydrogens (tertiary/aromatic N) is 3. The van der Waals surface area contributed by atoms with Gasteiger partial charge in [-0.15, -0.1) is 0 Å². The molecule has 1 aliphatic heterocycles. The molecule has 7 heteroatoms. The fourth-order valence-corrected chi connectivity index (χ4v) is 3.99. The largest absolute Gasteiger partial charge is 0.365 e. The Kier molecular flexibility index (Phi) is 4.27. The van der Waals surface area contributed by atoms with Crippen LogP contribution in [0.5, 0.6) is 0 Å². The molecule has 1 aliphatic carbocycles. The molecule has 1 aromatic carbocycles. The van der Waals surface area contributed by atoms with Crippen LogP contribution in [0, 0.1) is 5.92 Å². The molecule has 1 N–H and O–H groups in total. The van der Waals surface area contributed by atoms with E-state index in [1.807, 2.05) is 24.3 Å². The third kappa shape index (κ3) is 3.38. The summed E-state index contributed by atoms with van der Waals surface area (Å²) in [5.74, 6) is 2.55. The molecule has 5 nitrogen and oxygen atoms in total. The SMILES string of the molecule is Clc1ccc(-c2noc(CSC3=N[C@@H]4CCC[C@H]4CN3)n2)cc1. The number of thioether (sulfide) groups is 1. The lowest BCUT2D eigenvalue weighted by atomic mass is 10.0. The highest BCUT2D eigenvalue weighted by atomic mass is 35.5. The van der Waals surface area contributed by atoms with E-state index in [9.17, 15) is 0 Å². The summed E-state index contributed by atoms with van der Waals surface area (Å²) in [5.41, 5.74) is 0.899. The van der Waals surface area contributed by atoms with Crippen molar-refractivity contribution >= 4 is 28.5 Å². The summed E-state index contributed by atoms with van der Waals surface area (Å²) in [7, 11) is 0. The maximum Gasteiger partial charge on any atom is 0.237 e. The molecule has 0 bridgehead atoms. The van der Waals surface area contributed by atoms with Gasteiger partial charge in [-0.25, -0.2) is 0 Å². The van der Waals surface area contributed by atoms with Gasteiger partial charge in [-0.1, -0.05) is 34.9 Å². The average molecular weight is 349 g/mol. The van der Waals surface area contributed by atoms with Crippen molar-refractivity contribution < 1.29 is 4.52 Å². The number of hydrogen-bond donors (Lipinski definition) is 1. The van der Waals surface area contributed by atoms with E-state index in [1.54, 1.807) is 11.8 Å². The lowest BCUT2D eigenvalue weighted by Crippen LogP contribution is -2.36. The first-order valence-electron chi connectivity index (χ1n) is 7.81. The van der Waals surface area contributed by atoms with E-state index in [0.29, 0.717) is 28.5 Å². The minimum absolute atomic E-state index is 0.506. The molecule has 2 heterocycles. The standard InChI is InChI=1S/C16H17ClN4OS/c17-12-6-4-10(5-7-12)15-20-14(22-21-15)9-23-16-18-8-11-2-1-3-13(11)19-16/h4-7,11,13H,1-3,8-9H2,(H,18,19)/t11-,13+/m0/s1. The Balaban J connectivity index is 1.39. The topological polar surface area (TPSA) is 63.3 Å². The third-order valence-corrected chi connectivity index (χ3v) is 5.49. The Morgan fingerprint density at radius 3 is 3.00 bits per heavy atom. The minimum atomic E-state index is 0.506. The average Bonchev–Trinajstić information content (AvgIpc) is 3.22. The molecule has 0 saturated heterocycles. The summed E-state index contributed by atoms with van der Waals surface area (Å²) in [6.07, 6.45) is 3.82. The number of nitrogens with one attached hydrogen (secondary N) is 1. The number of amidine groups is 1. The van der Waals surface area contributed by atoms with E-state index in [2.05, 4.69) is 15.5 Å². The van der Waals surface area contributed by atoms with Crippen molar-refractivity contribution in [1.82, 2.24) is 15.5 Å². The van der Waals surface area contributed by atoms with Crippen LogP contribution >= 0.6 is 23.4 Å². The fourth-order valence-electron chi connectivity index (χ4n) is 3.09. The van der Waals surface area contributed by atoms with E-state index < -0.39 is 0 Å². The molecule has 2 aromatic rings. The van der Waals surface area contributed by atoms with Crippen molar-refractivity contribution in [2.24, 2.45) is 10.9 Å². The van der Waals surface area contributed by atoms with Gasteiger partial charge in [0, 0.05) is 17.1 Å². The molecule has 23 heavy (non-hydrogen) atoms. The van der Waals surface area contributed by atoms with Gasteiger partial charge in [0.2, 0.25) is 11.7 Å². The first-order valence-corrected chi connectivity index (χ1v) is 9.17. The number of aromatic nitrogens is 2. The summed E-state index contributed by atoms with van der Waals surface area (Å²) in [6, 6.07) is 7.92. The quantitative estimate of drug-likeness (QED) is 0.915. The van der Waals surface area contributed by atoms with Crippen molar-refractivity contribution in [3.05, 3.63) is 35.2 Å². The lowest BCUT2D eigenvalue weighted by Gasteiger charge is -2.24. The molecular weight excluding hydrogens is 332 g/mol. The Labute approximate surface area is 143 Å². The van der Waals surface area contributed by atoms with E-state index >= 15 is 0 Å². The summed E-state index contributed by atoms with van der Waals surface area (Å²) < 4.78 is 5.33. The van der Waals surface area contributed by atoms with E-state index in [-0.39, 0.29) is 0 Å². The van der Waals surface area contributed by atoms with Gasteiger partial charge < -0.3 is 9.84 Å². The Hall–Kier alpha value is -1.53. The van der Waals surface area contributed by atoms with Gasteiger partial charge in [0.25, 0.3) is 0 Å². The Bertz CT molecular complexity index is 715. The van der Waals surface area contributed by atoms with Gasteiger partial charge in [0.15, 0.2) is 5.17 Å². The second-order valence-corrected chi connectivity index (χ2v) is 7.28. The molecule has 0 radical (unpaired) electrons. The zero-order valence-corrected chi connectivity index (χ0v) is 14.1. The van der Waals surface area contributed by atoms with Gasteiger partial charge in [0.1, 0.15) is 0 Å². The van der Waals surface area contributed by atoms with E-state index in [1.165, 1.54) is 19.3 Å². The first-order chi connectivity index (χ1) is 11.3. The molecule has 2 aliphatic rings. The predicted molar refractivity (Wildman–Crippen MR) is 92.6 cm³/mol. The third-order valence-electron chi connectivity index (χ3n) is 4.32.